The molecule has 0 aromatic carbocycles. The third-order valence-corrected chi connectivity index (χ3v) is 2.44. The maximum atomic E-state index is 5.28. The molecule has 0 saturated carbocycles. The summed E-state index contributed by atoms with van der Waals surface area (Å²) < 4.78 is 5.28. The molecule has 0 spiro atoms. The van der Waals surface area contributed by atoms with Crippen molar-refractivity contribution >= 4 is 0 Å². The summed E-state index contributed by atoms with van der Waals surface area (Å²) in [7, 11) is 1.88. The van der Waals surface area contributed by atoms with Gasteiger partial charge in [0.05, 0.1) is 6.54 Å². The van der Waals surface area contributed by atoms with Gasteiger partial charge in [0.1, 0.15) is 0 Å². The lowest BCUT2D eigenvalue weighted by molar-refractivity contribution is 0.333. The van der Waals surface area contributed by atoms with Gasteiger partial charge in [0.25, 0.3) is 0 Å². The first-order valence-electron chi connectivity index (χ1n) is 5.78. The fraction of sp³-hybridized carbons (Fsp3) is 0.818. The third kappa shape index (κ3) is 3.63. The number of hydrogen-bond donors (Lipinski definition) is 1. The smallest absolute Gasteiger partial charge is 0.229 e. The van der Waals surface area contributed by atoms with Crippen LogP contribution in [0.3, 0.4) is 0 Å². The number of nitrogens with zero attached hydrogens (tertiary/aromatic N) is 2. The van der Waals surface area contributed by atoms with Gasteiger partial charge in [0.15, 0.2) is 5.82 Å². The molecule has 0 unspecified atom stereocenters. The van der Waals surface area contributed by atoms with Gasteiger partial charge in [-0.1, -0.05) is 31.8 Å². The van der Waals surface area contributed by atoms with E-state index in [0.29, 0.717) is 12.5 Å². The van der Waals surface area contributed by atoms with Crippen molar-refractivity contribution in [3.8, 4) is 0 Å². The van der Waals surface area contributed by atoms with E-state index in [1.165, 1.54) is 0 Å². The highest BCUT2D eigenvalue weighted by Crippen LogP contribution is 2.24. The molecule has 4 heteroatoms. The molecule has 0 bridgehead atoms. The fourth-order valence-corrected chi connectivity index (χ4v) is 1.75. The Hall–Kier alpha value is -0.900. The van der Waals surface area contributed by atoms with Crippen molar-refractivity contribution in [1.29, 1.82) is 0 Å². The molecule has 1 aromatic heterocycles. The molecule has 0 radical (unpaired) electrons. The lowest BCUT2D eigenvalue weighted by Gasteiger charge is -2.08. The van der Waals surface area contributed by atoms with E-state index >= 15 is 0 Å². The average Bonchev–Trinajstić information content (AvgIpc) is 2.67. The number of nitrogens with one attached hydrogen (secondary N) is 1. The Morgan fingerprint density at radius 1 is 1.27 bits per heavy atom. The molecular formula is C11H21N3O. The quantitative estimate of drug-likeness (QED) is 0.752. The predicted octanol–water partition coefficient (Wildman–Crippen LogP) is 2.47. The monoisotopic (exact) mass is 211 g/mol. The van der Waals surface area contributed by atoms with E-state index < -0.39 is 0 Å². The summed E-state index contributed by atoms with van der Waals surface area (Å²) in [5.41, 5.74) is 0. The molecule has 1 aromatic rings. The van der Waals surface area contributed by atoms with Gasteiger partial charge in [-0.2, -0.15) is 4.98 Å². The Balaban J connectivity index is 2.63. The van der Waals surface area contributed by atoms with Crippen LogP contribution in [0.4, 0.5) is 0 Å². The largest absolute Gasteiger partial charge is 0.339 e. The third-order valence-electron chi connectivity index (χ3n) is 2.44. The second-order valence-electron chi connectivity index (χ2n) is 3.85. The highest BCUT2D eigenvalue weighted by atomic mass is 16.5. The first-order chi connectivity index (χ1) is 7.31. The topological polar surface area (TPSA) is 51.0 Å². The Morgan fingerprint density at radius 2 is 1.93 bits per heavy atom. The summed E-state index contributed by atoms with van der Waals surface area (Å²) in [5, 5.41) is 6.96. The van der Waals surface area contributed by atoms with Crippen LogP contribution < -0.4 is 5.32 Å². The maximum Gasteiger partial charge on any atom is 0.229 e. The van der Waals surface area contributed by atoms with E-state index in [1.807, 2.05) is 7.05 Å². The van der Waals surface area contributed by atoms with Crippen molar-refractivity contribution in [2.75, 3.05) is 7.05 Å². The summed E-state index contributed by atoms with van der Waals surface area (Å²) in [6, 6.07) is 0. The molecule has 0 fully saturated rings. The van der Waals surface area contributed by atoms with Gasteiger partial charge < -0.3 is 9.84 Å². The highest BCUT2D eigenvalue weighted by Gasteiger charge is 2.16. The van der Waals surface area contributed by atoms with Gasteiger partial charge in [-0.3, -0.25) is 0 Å². The van der Waals surface area contributed by atoms with Gasteiger partial charge in [-0.25, -0.2) is 0 Å². The van der Waals surface area contributed by atoms with Crippen LogP contribution in [0.5, 0.6) is 0 Å². The number of aromatic nitrogens is 2. The van der Waals surface area contributed by atoms with Crippen molar-refractivity contribution in [3.63, 3.8) is 0 Å². The molecule has 0 aliphatic rings. The molecule has 0 saturated heterocycles. The van der Waals surface area contributed by atoms with Crippen molar-refractivity contribution < 1.29 is 4.52 Å². The minimum Gasteiger partial charge on any atom is -0.339 e. The lowest BCUT2D eigenvalue weighted by Crippen LogP contribution is -2.07. The van der Waals surface area contributed by atoms with E-state index in [4.69, 9.17) is 4.52 Å². The predicted molar refractivity (Wildman–Crippen MR) is 59.6 cm³/mol. The van der Waals surface area contributed by atoms with Crippen LogP contribution in [-0.4, -0.2) is 17.2 Å². The zero-order chi connectivity index (χ0) is 11.1. The zero-order valence-electron chi connectivity index (χ0n) is 9.92. The average molecular weight is 211 g/mol. The zero-order valence-corrected chi connectivity index (χ0v) is 9.92. The molecule has 0 aliphatic carbocycles. The molecular weight excluding hydrogens is 190 g/mol. The molecule has 0 amide bonds. The molecule has 4 nitrogen and oxygen atoms in total. The Labute approximate surface area is 91.5 Å². The van der Waals surface area contributed by atoms with Crippen molar-refractivity contribution in [2.45, 2.75) is 52.0 Å². The summed E-state index contributed by atoms with van der Waals surface area (Å²) in [6.07, 6.45) is 4.59. The van der Waals surface area contributed by atoms with Crippen LogP contribution in [0.15, 0.2) is 4.52 Å². The van der Waals surface area contributed by atoms with E-state index in [9.17, 15) is 0 Å². The van der Waals surface area contributed by atoms with Gasteiger partial charge in [0, 0.05) is 5.92 Å². The first kappa shape index (κ1) is 12.2. The van der Waals surface area contributed by atoms with Crippen molar-refractivity contribution in [3.05, 3.63) is 11.7 Å². The fourth-order valence-electron chi connectivity index (χ4n) is 1.75. The van der Waals surface area contributed by atoms with Crippen molar-refractivity contribution in [2.24, 2.45) is 0 Å². The van der Waals surface area contributed by atoms with Crippen LogP contribution in [0.1, 0.15) is 57.2 Å². The van der Waals surface area contributed by atoms with Crippen molar-refractivity contribution in [1.82, 2.24) is 15.5 Å². The van der Waals surface area contributed by atoms with E-state index in [1.54, 1.807) is 0 Å². The van der Waals surface area contributed by atoms with E-state index in [0.717, 1.165) is 37.4 Å². The summed E-state index contributed by atoms with van der Waals surface area (Å²) in [4.78, 5) is 4.40. The second kappa shape index (κ2) is 6.56. The standard InChI is InChI=1S/C11H21N3O/c1-4-6-9(7-5-2)11-13-10(8-12-3)14-15-11/h9,12H,4-8H2,1-3H3. The van der Waals surface area contributed by atoms with E-state index in [2.05, 4.69) is 29.3 Å². The van der Waals surface area contributed by atoms with Gasteiger partial charge in [-0.05, 0) is 19.9 Å². The van der Waals surface area contributed by atoms with E-state index in [-0.39, 0.29) is 0 Å². The van der Waals surface area contributed by atoms with Gasteiger partial charge in [0.2, 0.25) is 5.89 Å². The normalized spacial score (nSPS) is 11.2. The number of rotatable bonds is 7. The Bertz CT molecular complexity index is 267. The lowest BCUT2D eigenvalue weighted by atomic mass is 9.98. The minimum atomic E-state index is 0.443. The molecule has 1 heterocycles. The number of hydrogen-bond acceptors (Lipinski definition) is 4. The Morgan fingerprint density at radius 3 is 2.47 bits per heavy atom. The second-order valence-corrected chi connectivity index (χ2v) is 3.85. The van der Waals surface area contributed by atoms with Crippen LogP contribution >= 0.6 is 0 Å². The molecule has 0 atom stereocenters. The molecule has 15 heavy (non-hydrogen) atoms. The summed E-state index contributed by atoms with van der Waals surface area (Å²) >= 11 is 0. The SMILES string of the molecule is CCCC(CCC)c1nc(CNC)no1. The molecule has 0 aliphatic heterocycles. The van der Waals surface area contributed by atoms with Crippen LogP contribution in [0.2, 0.25) is 0 Å². The van der Waals surface area contributed by atoms with Gasteiger partial charge in [-0.15, -0.1) is 0 Å². The Kier molecular flexibility index (Phi) is 5.32. The highest BCUT2D eigenvalue weighted by molar-refractivity contribution is 4.93. The summed E-state index contributed by atoms with van der Waals surface area (Å²) in [5.74, 6) is 2.01. The molecule has 1 N–H and O–H groups in total. The molecule has 1 rings (SSSR count). The maximum absolute atomic E-state index is 5.28. The summed E-state index contributed by atoms with van der Waals surface area (Å²) in [6.45, 7) is 5.05. The minimum absolute atomic E-state index is 0.443. The first-order valence-corrected chi connectivity index (χ1v) is 5.78. The van der Waals surface area contributed by atoms with Crippen LogP contribution in [0, 0.1) is 0 Å². The van der Waals surface area contributed by atoms with Crippen LogP contribution in [0.25, 0.3) is 0 Å². The molecule has 86 valence electrons. The van der Waals surface area contributed by atoms with Crippen LogP contribution in [-0.2, 0) is 6.54 Å². The van der Waals surface area contributed by atoms with Gasteiger partial charge >= 0.3 is 0 Å².